The van der Waals surface area contributed by atoms with Crippen LogP contribution in [-0.4, -0.2) is 25.7 Å². The van der Waals surface area contributed by atoms with Gasteiger partial charge in [-0.05, 0) is 24.8 Å². The molecular weight excluding hydrogens is 390 g/mol. The maximum atomic E-state index is 11.2. The number of hydrogen-bond acceptors (Lipinski definition) is 6. The fraction of sp³-hybridized carbons (Fsp3) is 0.400. The minimum Gasteiger partial charge on any atom is -0.370 e. The molecule has 4 rings (SSSR count). The van der Waals surface area contributed by atoms with Gasteiger partial charge < -0.3 is 10.3 Å². The van der Waals surface area contributed by atoms with Gasteiger partial charge in [-0.2, -0.15) is 0 Å². The molecule has 2 N–H and O–H groups in total. The third kappa shape index (κ3) is 4.44. The second-order valence-corrected chi connectivity index (χ2v) is 8.77. The number of amides is 1. The van der Waals surface area contributed by atoms with E-state index in [0.29, 0.717) is 18.9 Å². The van der Waals surface area contributed by atoms with Crippen LogP contribution in [0.3, 0.4) is 0 Å². The number of primary amides is 1. The Morgan fingerprint density at radius 3 is 2.75 bits per heavy atom. The molecule has 0 atom stereocenters. The number of hydrogen-bond donors (Lipinski definition) is 1. The van der Waals surface area contributed by atoms with E-state index in [1.807, 2.05) is 0 Å². The monoisotopic (exact) mass is 413 g/mol. The molecule has 2 heterocycles. The lowest BCUT2D eigenvalue weighted by Crippen LogP contribution is -2.15. The van der Waals surface area contributed by atoms with Gasteiger partial charge in [-0.3, -0.25) is 4.79 Å². The molecule has 1 fully saturated rings. The molecule has 1 saturated carbocycles. The highest BCUT2D eigenvalue weighted by atomic mass is 32.2. The largest absolute Gasteiger partial charge is 0.370 e. The number of aromatic nitrogens is 4. The van der Waals surface area contributed by atoms with Crippen molar-refractivity contribution in [2.45, 2.75) is 56.0 Å². The van der Waals surface area contributed by atoms with Crippen molar-refractivity contribution in [3.8, 4) is 10.6 Å². The second kappa shape index (κ2) is 8.45. The minimum atomic E-state index is -0.301. The molecule has 146 valence electrons. The number of benzene rings is 1. The predicted octanol–water partition coefficient (Wildman–Crippen LogP) is 4.01. The van der Waals surface area contributed by atoms with Gasteiger partial charge in [-0.1, -0.05) is 43.0 Å². The van der Waals surface area contributed by atoms with Gasteiger partial charge in [0.1, 0.15) is 10.8 Å². The molecule has 2 aromatic heterocycles. The molecule has 3 aromatic rings. The summed E-state index contributed by atoms with van der Waals surface area (Å²) in [6.45, 7) is 2.70. The molecule has 6 nitrogen and oxygen atoms in total. The van der Waals surface area contributed by atoms with Crippen LogP contribution < -0.4 is 5.73 Å². The highest BCUT2D eigenvalue weighted by Crippen LogP contribution is 2.40. The lowest BCUT2D eigenvalue weighted by atomic mass is 10.1. The van der Waals surface area contributed by atoms with Crippen molar-refractivity contribution in [3.63, 3.8) is 0 Å². The number of thiazole rings is 1. The second-order valence-electron chi connectivity index (χ2n) is 6.97. The van der Waals surface area contributed by atoms with Crippen molar-refractivity contribution in [3.05, 3.63) is 46.7 Å². The van der Waals surface area contributed by atoms with Crippen LogP contribution in [0.25, 0.3) is 10.6 Å². The van der Waals surface area contributed by atoms with E-state index in [1.165, 1.54) is 5.56 Å². The van der Waals surface area contributed by atoms with Crippen molar-refractivity contribution in [2.24, 2.45) is 5.73 Å². The summed E-state index contributed by atoms with van der Waals surface area (Å²) in [5, 5.41) is 12.7. The Morgan fingerprint density at radius 2 is 2.07 bits per heavy atom. The fourth-order valence-electron chi connectivity index (χ4n) is 3.01. The molecule has 0 radical (unpaired) electrons. The van der Waals surface area contributed by atoms with Crippen LogP contribution in [0.15, 0.2) is 34.8 Å². The first-order valence-corrected chi connectivity index (χ1v) is 11.4. The molecule has 8 heteroatoms. The molecule has 0 saturated heterocycles. The number of carbonyl (C=O) groups is 1. The molecule has 0 spiro atoms. The van der Waals surface area contributed by atoms with Crippen molar-refractivity contribution < 1.29 is 4.79 Å². The number of nitrogens with two attached hydrogens (primary N) is 1. The van der Waals surface area contributed by atoms with Gasteiger partial charge in [0.05, 0.1) is 5.69 Å². The summed E-state index contributed by atoms with van der Waals surface area (Å²) in [4.78, 5) is 16.0. The highest BCUT2D eigenvalue weighted by Gasteiger charge is 2.30. The highest BCUT2D eigenvalue weighted by molar-refractivity contribution is 7.98. The van der Waals surface area contributed by atoms with E-state index >= 15 is 0 Å². The molecular formula is C20H23N5OS2. The van der Waals surface area contributed by atoms with E-state index in [9.17, 15) is 4.79 Å². The lowest BCUT2D eigenvalue weighted by Gasteiger charge is -2.08. The van der Waals surface area contributed by atoms with Crippen LogP contribution >= 0.6 is 23.1 Å². The first-order chi connectivity index (χ1) is 13.6. The van der Waals surface area contributed by atoms with Crippen molar-refractivity contribution in [1.29, 1.82) is 0 Å². The van der Waals surface area contributed by atoms with Crippen LogP contribution in [-0.2, 0) is 23.5 Å². The molecule has 0 bridgehead atoms. The third-order valence-electron chi connectivity index (χ3n) is 4.78. The Morgan fingerprint density at radius 1 is 1.29 bits per heavy atom. The molecule has 0 aliphatic heterocycles. The number of thioether (sulfide) groups is 1. The van der Waals surface area contributed by atoms with Crippen LogP contribution in [0.5, 0.6) is 0 Å². The molecule has 28 heavy (non-hydrogen) atoms. The number of nitrogens with zero attached hydrogens (tertiary/aromatic N) is 4. The van der Waals surface area contributed by atoms with E-state index in [4.69, 9.17) is 10.7 Å². The van der Waals surface area contributed by atoms with Gasteiger partial charge in [0.15, 0.2) is 5.16 Å². The zero-order chi connectivity index (χ0) is 19.5. The summed E-state index contributed by atoms with van der Waals surface area (Å²) in [5.41, 5.74) is 8.85. The minimum absolute atomic E-state index is 0.301. The van der Waals surface area contributed by atoms with E-state index in [2.05, 4.69) is 51.3 Å². The SMILES string of the molecule is CCc1ccc(-c2nc(CSc3nnc(C4CC4)n3CCC(N)=O)cs2)cc1. The van der Waals surface area contributed by atoms with Crippen molar-refractivity contribution in [1.82, 2.24) is 19.7 Å². The summed E-state index contributed by atoms with van der Waals surface area (Å²) in [6.07, 6.45) is 3.64. The topological polar surface area (TPSA) is 86.7 Å². The molecule has 1 aliphatic carbocycles. The maximum Gasteiger partial charge on any atom is 0.219 e. The van der Waals surface area contributed by atoms with Crippen LogP contribution in [0.1, 0.15) is 49.2 Å². The number of aryl methyl sites for hydroxylation is 1. The van der Waals surface area contributed by atoms with E-state index in [1.54, 1.807) is 23.1 Å². The van der Waals surface area contributed by atoms with Crippen LogP contribution in [0.4, 0.5) is 0 Å². The summed E-state index contributed by atoms with van der Waals surface area (Å²) >= 11 is 3.28. The zero-order valence-electron chi connectivity index (χ0n) is 15.8. The average Bonchev–Trinajstić information content (AvgIpc) is 3.30. The standard InChI is InChI=1S/C20H23N5OS2/c1-2-13-3-5-15(6-4-13)19-22-16(11-27-19)12-28-20-24-23-18(14-7-8-14)25(20)10-9-17(21)26/h3-6,11,14H,2,7-10,12H2,1H3,(H2,21,26). The summed E-state index contributed by atoms with van der Waals surface area (Å²) < 4.78 is 2.06. The van der Waals surface area contributed by atoms with E-state index < -0.39 is 0 Å². The lowest BCUT2D eigenvalue weighted by molar-refractivity contribution is -0.118. The Bertz CT molecular complexity index is 959. The smallest absolute Gasteiger partial charge is 0.219 e. The van der Waals surface area contributed by atoms with E-state index in [0.717, 1.165) is 52.3 Å². The zero-order valence-corrected chi connectivity index (χ0v) is 17.4. The Balaban J connectivity index is 1.44. The van der Waals surface area contributed by atoms with Gasteiger partial charge in [-0.25, -0.2) is 4.98 Å². The van der Waals surface area contributed by atoms with Gasteiger partial charge in [0.25, 0.3) is 0 Å². The summed E-state index contributed by atoms with van der Waals surface area (Å²) in [7, 11) is 0. The summed E-state index contributed by atoms with van der Waals surface area (Å²) in [5.74, 6) is 1.89. The van der Waals surface area contributed by atoms with Crippen molar-refractivity contribution >= 4 is 29.0 Å². The fourth-order valence-corrected chi connectivity index (χ4v) is 4.81. The molecule has 1 amide bonds. The van der Waals surface area contributed by atoms with Gasteiger partial charge >= 0.3 is 0 Å². The average molecular weight is 414 g/mol. The van der Waals surface area contributed by atoms with E-state index in [-0.39, 0.29) is 5.91 Å². The summed E-state index contributed by atoms with van der Waals surface area (Å²) in [6, 6.07) is 8.59. The molecule has 0 unspecified atom stereocenters. The quantitative estimate of drug-likeness (QED) is 0.536. The molecule has 1 aromatic carbocycles. The third-order valence-corrected chi connectivity index (χ3v) is 6.72. The Kier molecular flexibility index (Phi) is 5.77. The number of rotatable bonds is 9. The Labute approximate surface area is 172 Å². The first-order valence-electron chi connectivity index (χ1n) is 9.52. The van der Waals surface area contributed by atoms with Gasteiger partial charge in [-0.15, -0.1) is 21.5 Å². The first kappa shape index (κ1) is 19.1. The van der Waals surface area contributed by atoms with Gasteiger partial charge in [0.2, 0.25) is 5.91 Å². The Hall–Kier alpha value is -2.19. The predicted molar refractivity (Wildman–Crippen MR) is 112 cm³/mol. The van der Waals surface area contributed by atoms with Crippen molar-refractivity contribution in [2.75, 3.05) is 0 Å². The molecule has 1 aliphatic rings. The van der Waals surface area contributed by atoms with Crippen LogP contribution in [0, 0.1) is 0 Å². The normalized spacial score (nSPS) is 13.8. The van der Waals surface area contributed by atoms with Gasteiger partial charge in [0, 0.05) is 35.6 Å². The van der Waals surface area contributed by atoms with Crippen LogP contribution in [0.2, 0.25) is 0 Å². The number of carbonyl (C=O) groups excluding carboxylic acids is 1. The maximum absolute atomic E-state index is 11.2.